The van der Waals surface area contributed by atoms with Crippen LogP contribution in [0.2, 0.25) is 0 Å². The standard InChI is InChI=1S/C47H41N5O5S2/c1-56-40-22-21-32(26-41(40)57-2)25-39(50-44(53)34-17-10-5-11-18-34)45(54)49-35-19-12-20-36(27-35)58-43(33-15-8-4-9-16-33)46(55)51-47-38(28-48)37-23-24-52(30-42(37)59-47)29-31-13-6-3-7-14-31/h3-22,25-27,43H,23-24,29-30H2,1-2H3,(H,49,54)(H,50,53)(H,51,55)/b39-25+. The van der Waals surface area contributed by atoms with Crippen molar-refractivity contribution < 1.29 is 23.9 Å². The summed E-state index contributed by atoms with van der Waals surface area (Å²) in [7, 11) is 3.06. The number of thioether (sulfide) groups is 1. The molecule has 0 fully saturated rings. The molecule has 10 nitrogen and oxygen atoms in total. The first-order valence-electron chi connectivity index (χ1n) is 18.9. The fourth-order valence-corrected chi connectivity index (χ4v) is 9.08. The Hall–Kier alpha value is -6.65. The number of thiophene rings is 1. The van der Waals surface area contributed by atoms with Gasteiger partial charge in [0.1, 0.15) is 22.0 Å². The molecule has 3 N–H and O–H groups in total. The minimum atomic E-state index is -0.687. The van der Waals surface area contributed by atoms with Gasteiger partial charge in [0.25, 0.3) is 11.8 Å². The number of amides is 3. The van der Waals surface area contributed by atoms with Crippen molar-refractivity contribution in [1.29, 1.82) is 5.26 Å². The van der Waals surface area contributed by atoms with Gasteiger partial charge in [-0.1, -0.05) is 91.0 Å². The van der Waals surface area contributed by atoms with Crippen LogP contribution in [0.3, 0.4) is 0 Å². The summed E-state index contributed by atoms with van der Waals surface area (Å²) in [4.78, 5) is 45.6. The van der Waals surface area contributed by atoms with Crippen LogP contribution in [0.4, 0.5) is 10.7 Å². The zero-order valence-corrected chi connectivity index (χ0v) is 34.1. The van der Waals surface area contributed by atoms with E-state index in [0.29, 0.717) is 50.3 Å². The lowest BCUT2D eigenvalue weighted by molar-refractivity contribution is -0.116. The van der Waals surface area contributed by atoms with Crippen LogP contribution < -0.4 is 25.4 Å². The van der Waals surface area contributed by atoms with E-state index in [2.05, 4.69) is 39.1 Å². The van der Waals surface area contributed by atoms with Gasteiger partial charge in [-0.15, -0.1) is 23.1 Å². The van der Waals surface area contributed by atoms with Crippen molar-refractivity contribution in [2.45, 2.75) is 29.7 Å². The Kier molecular flexibility index (Phi) is 13.2. The van der Waals surface area contributed by atoms with Crippen molar-refractivity contribution in [3.63, 3.8) is 0 Å². The SMILES string of the molecule is COc1ccc(/C=C(/NC(=O)c2ccccc2)C(=O)Nc2cccc(SC(C(=O)Nc3sc4c(c3C#N)CCN(Cc3ccccc3)C4)c3ccccc3)c2)cc1OC. The van der Waals surface area contributed by atoms with Crippen molar-refractivity contribution in [3.05, 3.63) is 177 Å². The molecule has 296 valence electrons. The predicted molar refractivity (Wildman–Crippen MR) is 233 cm³/mol. The number of methoxy groups -OCH3 is 2. The Labute approximate surface area is 351 Å². The second kappa shape index (κ2) is 19.2. The summed E-state index contributed by atoms with van der Waals surface area (Å²) < 4.78 is 10.8. The van der Waals surface area contributed by atoms with Gasteiger partial charge in [-0.25, -0.2) is 0 Å². The lowest BCUT2D eigenvalue weighted by atomic mass is 10.0. The molecule has 1 aliphatic heterocycles. The molecule has 6 aromatic rings. The van der Waals surface area contributed by atoms with Gasteiger partial charge in [0.15, 0.2) is 11.5 Å². The highest BCUT2D eigenvalue weighted by Gasteiger charge is 2.29. The Morgan fingerprint density at radius 2 is 1.56 bits per heavy atom. The van der Waals surface area contributed by atoms with Gasteiger partial charge in [-0.2, -0.15) is 5.26 Å². The van der Waals surface area contributed by atoms with Crippen LogP contribution in [0.25, 0.3) is 6.08 Å². The number of hydrogen-bond acceptors (Lipinski definition) is 9. The number of nitrogens with zero attached hydrogens (tertiary/aromatic N) is 2. The molecule has 59 heavy (non-hydrogen) atoms. The molecule has 7 rings (SSSR count). The van der Waals surface area contributed by atoms with Crippen LogP contribution in [0.5, 0.6) is 11.5 Å². The fraction of sp³-hybridized carbons (Fsp3) is 0.149. The number of anilines is 2. The molecule has 1 unspecified atom stereocenters. The van der Waals surface area contributed by atoms with Gasteiger partial charge in [0.05, 0.1) is 19.8 Å². The molecule has 12 heteroatoms. The molecule has 0 saturated carbocycles. The summed E-state index contributed by atoms with van der Waals surface area (Å²) in [5.74, 6) is -0.298. The maximum absolute atomic E-state index is 14.3. The molecule has 1 aromatic heterocycles. The van der Waals surface area contributed by atoms with E-state index in [-0.39, 0.29) is 11.6 Å². The summed E-state index contributed by atoms with van der Waals surface area (Å²) in [5.41, 5.74) is 4.98. The van der Waals surface area contributed by atoms with E-state index >= 15 is 0 Å². The first kappa shape index (κ1) is 40.5. The second-order valence-electron chi connectivity index (χ2n) is 13.6. The van der Waals surface area contributed by atoms with Gasteiger partial charge in [0, 0.05) is 40.7 Å². The summed E-state index contributed by atoms with van der Waals surface area (Å²) >= 11 is 2.79. The normalized spacial score (nSPS) is 13.0. The number of carbonyl (C=O) groups excluding carboxylic acids is 3. The number of fused-ring (bicyclic) bond motifs is 1. The fourth-order valence-electron chi connectivity index (χ4n) is 6.75. The van der Waals surface area contributed by atoms with Crippen molar-refractivity contribution in [3.8, 4) is 17.6 Å². The van der Waals surface area contributed by atoms with E-state index < -0.39 is 17.1 Å². The molecule has 1 atom stereocenters. The zero-order chi connectivity index (χ0) is 41.1. The van der Waals surface area contributed by atoms with E-state index in [1.54, 1.807) is 72.8 Å². The minimum Gasteiger partial charge on any atom is -0.493 e. The highest BCUT2D eigenvalue weighted by molar-refractivity contribution is 8.00. The minimum absolute atomic E-state index is 0.000738. The largest absolute Gasteiger partial charge is 0.493 e. The number of rotatable bonds is 14. The average Bonchev–Trinajstić information content (AvgIpc) is 3.62. The maximum Gasteiger partial charge on any atom is 0.272 e. The lowest BCUT2D eigenvalue weighted by Gasteiger charge is -2.26. The van der Waals surface area contributed by atoms with Crippen LogP contribution in [0, 0.1) is 11.3 Å². The molecule has 0 bridgehead atoms. The van der Waals surface area contributed by atoms with Gasteiger partial charge in [-0.05, 0) is 77.2 Å². The molecule has 2 heterocycles. The van der Waals surface area contributed by atoms with Gasteiger partial charge >= 0.3 is 0 Å². The third kappa shape index (κ3) is 10.1. The highest BCUT2D eigenvalue weighted by Crippen LogP contribution is 2.41. The van der Waals surface area contributed by atoms with E-state index in [1.165, 1.54) is 42.9 Å². The van der Waals surface area contributed by atoms with Crippen LogP contribution in [0.1, 0.15) is 48.3 Å². The van der Waals surface area contributed by atoms with Crippen LogP contribution >= 0.6 is 23.1 Å². The van der Waals surface area contributed by atoms with E-state index in [1.807, 2.05) is 54.6 Å². The summed E-state index contributed by atoms with van der Waals surface area (Å²) in [5, 5.41) is 18.9. The van der Waals surface area contributed by atoms with Gasteiger partial charge in [-0.3, -0.25) is 19.3 Å². The zero-order valence-electron chi connectivity index (χ0n) is 32.4. The molecule has 3 amide bonds. The van der Waals surface area contributed by atoms with Gasteiger partial charge < -0.3 is 25.4 Å². The third-order valence-corrected chi connectivity index (χ3v) is 12.0. The Morgan fingerprint density at radius 3 is 2.27 bits per heavy atom. The molecule has 0 spiro atoms. The molecular weight excluding hydrogens is 779 g/mol. The molecule has 5 aromatic carbocycles. The molecule has 0 saturated heterocycles. The number of hydrogen-bond donors (Lipinski definition) is 3. The van der Waals surface area contributed by atoms with E-state index in [9.17, 15) is 19.6 Å². The Bertz CT molecular complexity index is 2520. The third-order valence-electron chi connectivity index (χ3n) is 9.67. The first-order valence-corrected chi connectivity index (χ1v) is 20.6. The number of ether oxygens (including phenoxy) is 2. The smallest absolute Gasteiger partial charge is 0.272 e. The van der Waals surface area contributed by atoms with Crippen LogP contribution in [-0.2, 0) is 29.1 Å². The van der Waals surface area contributed by atoms with Crippen molar-refractivity contribution in [2.75, 3.05) is 31.4 Å². The van der Waals surface area contributed by atoms with E-state index in [4.69, 9.17) is 9.47 Å². The Balaban J connectivity index is 1.11. The monoisotopic (exact) mass is 819 g/mol. The Morgan fingerprint density at radius 1 is 0.847 bits per heavy atom. The number of nitriles is 1. The topological polar surface area (TPSA) is 133 Å². The predicted octanol–water partition coefficient (Wildman–Crippen LogP) is 9.08. The summed E-state index contributed by atoms with van der Waals surface area (Å²) in [6.07, 6.45) is 2.29. The van der Waals surface area contributed by atoms with Crippen LogP contribution in [0.15, 0.2) is 144 Å². The lowest BCUT2D eigenvalue weighted by Crippen LogP contribution is -2.30. The van der Waals surface area contributed by atoms with Gasteiger partial charge in [0.2, 0.25) is 5.91 Å². The maximum atomic E-state index is 14.3. The average molecular weight is 820 g/mol. The quantitative estimate of drug-likeness (QED) is 0.0733. The second-order valence-corrected chi connectivity index (χ2v) is 15.9. The molecule has 0 radical (unpaired) electrons. The first-order chi connectivity index (χ1) is 28.8. The molecule has 1 aliphatic rings. The summed E-state index contributed by atoms with van der Waals surface area (Å²) in [6, 6.07) is 43.1. The number of benzene rings is 5. The van der Waals surface area contributed by atoms with E-state index in [0.717, 1.165) is 35.5 Å². The molecular formula is C47H41N5O5S2. The van der Waals surface area contributed by atoms with Crippen molar-refractivity contribution in [1.82, 2.24) is 10.2 Å². The highest BCUT2D eigenvalue weighted by atomic mass is 32.2. The van der Waals surface area contributed by atoms with Crippen molar-refractivity contribution in [2.24, 2.45) is 0 Å². The number of carbonyl (C=O) groups is 3. The summed E-state index contributed by atoms with van der Waals surface area (Å²) in [6.45, 7) is 2.34. The van der Waals surface area contributed by atoms with Crippen molar-refractivity contribution >= 4 is 57.6 Å². The van der Waals surface area contributed by atoms with Crippen LogP contribution in [-0.4, -0.2) is 43.4 Å². The molecule has 0 aliphatic carbocycles. The number of nitrogens with one attached hydrogen (secondary N) is 3.